The lowest BCUT2D eigenvalue weighted by molar-refractivity contribution is -0.274. The first kappa shape index (κ1) is 41.6. The molecule has 3 heterocycles. The zero-order valence-electron chi connectivity index (χ0n) is 32.5. The molecule has 3 aromatic carbocycles. The Morgan fingerprint density at radius 2 is 1.60 bits per heavy atom. The van der Waals surface area contributed by atoms with Crippen molar-refractivity contribution in [3.05, 3.63) is 113 Å². The molecule has 0 bridgehead atoms. The highest BCUT2D eigenvalue weighted by atomic mass is 19.4. The fourth-order valence-electron chi connectivity index (χ4n) is 7.52. The number of esters is 1. The van der Waals surface area contributed by atoms with Gasteiger partial charge in [-0.3, -0.25) is 19.8 Å². The summed E-state index contributed by atoms with van der Waals surface area (Å²) in [7, 11) is 0. The van der Waals surface area contributed by atoms with Gasteiger partial charge < -0.3 is 19.3 Å². The molecule has 4 aromatic rings. The van der Waals surface area contributed by atoms with Crippen molar-refractivity contribution in [2.45, 2.75) is 96.7 Å². The van der Waals surface area contributed by atoms with Crippen LogP contribution < -0.4 is 15.0 Å². The van der Waals surface area contributed by atoms with Crippen LogP contribution in [0.4, 0.5) is 27.8 Å². The van der Waals surface area contributed by atoms with Crippen LogP contribution in [0.25, 0.3) is 11.1 Å². The third kappa shape index (κ3) is 10.3. The van der Waals surface area contributed by atoms with Crippen LogP contribution in [0, 0.1) is 11.6 Å². The maximum atomic E-state index is 14.7. The van der Waals surface area contributed by atoms with Gasteiger partial charge in [-0.1, -0.05) is 54.6 Å². The minimum absolute atomic E-state index is 0.0375. The molecule has 1 aromatic heterocycles. The largest absolute Gasteiger partial charge is 0.573 e. The molecule has 9 nitrogen and oxygen atoms in total. The third-order valence-electron chi connectivity index (χ3n) is 10.7. The molecule has 1 atom stereocenters. The number of fused-ring (bicyclic) bond motifs is 1. The number of halogens is 5. The fraction of sp³-hybridized carbons (Fsp3) is 0.419. The van der Waals surface area contributed by atoms with E-state index < -0.39 is 29.7 Å². The summed E-state index contributed by atoms with van der Waals surface area (Å²) >= 11 is 0. The van der Waals surface area contributed by atoms with Crippen LogP contribution in [0.3, 0.4) is 0 Å². The van der Waals surface area contributed by atoms with E-state index in [-0.39, 0.29) is 54.8 Å². The highest BCUT2D eigenvalue weighted by molar-refractivity contribution is 5.82. The maximum Gasteiger partial charge on any atom is 0.573 e. The second kappa shape index (κ2) is 17.6. The molecule has 0 aliphatic carbocycles. The summed E-state index contributed by atoms with van der Waals surface area (Å²) in [5.74, 6) is -1.92. The molecule has 1 fully saturated rings. The number of amides is 1. The molecule has 57 heavy (non-hydrogen) atoms. The number of likely N-dealkylation sites (tertiary alicyclic amines) is 1. The number of aromatic nitrogens is 1. The van der Waals surface area contributed by atoms with Crippen molar-refractivity contribution in [2.24, 2.45) is 0 Å². The maximum absolute atomic E-state index is 14.7. The van der Waals surface area contributed by atoms with Gasteiger partial charge in [-0.25, -0.2) is 13.8 Å². The summed E-state index contributed by atoms with van der Waals surface area (Å²) in [5.41, 5.74) is 2.61. The molecule has 1 saturated heterocycles. The number of carbonyl (C=O) groups is 2. The van der Waals surface area contributed by atoms with Gasteiger partial charge in [0.25, 0.3) is 0 Å². The van der Waals surface area contributed by atoms with Crippen LogP contribution >= 0.6 is 0 Å². The molecule has 1 unspecified atom stereocenters. The van der Waals surface area contributed by atoms with E-state index >= 15 is 0 Å². The molecule has 304 valence electrons. The molecular formula is C43H48F5N5O4. The Labute approximate surface area is 329 Å². The Bertz CT molecular complexity index is 2000. The molecule has 0 saturated carbocycles. The first-order chi connectivity index (χ1) is 27.1. The lowest BCUT2D eigenvalue weighted by Crippen LogP contribution is -2.58. The molecule has 2 aliphatic heterocycles. The van der Waals surface area contributed by atoms with Crippen molar-refractivity contribution in [3.8, 4) is 16.9 Å². The van der Waals surface area contributed by atoms with E-state index in [0.717, 1.165) is 22.8 Å². The van der Waals surface area contributed by atoms with Crippen LogP contribution in [0.1, 0.15) is 63.6 Å². The first-order valence-corrected chi connectivity index (χ1v) is 19.2. The quantitative estimate of drug-likeness (QED) is 0.108. The molecule has 14 heteroatoms. The van der Waals surface area contributed by atoms with Crippen molar-refractivity contribution in [1.29, 1.82) is 0 Å². The normalized spacial score (nSPS) is 16.7. The SMILES string of the molecule is CC(C)OC(=O)C(C)(C)N1CCC(N(Cc2ccc(-c3ccc(OC(F)(F)F)cc3)cc2)C(=O)CN2c3ncccc3CNC2CCc2cccc(F)c2F)CC1. The average Bonchev–Trinajstić information content (AvgIpc) is 3.18. The number of piperidine rings is 1. The summed E-state index contributed by atoms with van der Waals surface area (Å²) in [5, 5.41) is 3.47. The van der Waals surface area contributed by atoms with E-state index in [9.17, 15) is 31.5 Å². The van der Waals surface area contributed by atoms with Gasteiger partial charge in [0, 0.05) is 44.0 Å². The number of hydrogen-bond donors (Lipinski definition) is 1. The fourth-order valence-corrected chi connectivity index (χ4v) is 7.52. The zero-order valence-corrected chi connectivity index (χ0v) is 32.5. The average molecular weight is 794 g/mol. The van der Waals surface area contributed by atoms with Gasteiger partial charge in [-0.15, -0.1) is 13.2 Å². The van der Waals surface area contributed by atoms with Gasteiger partial charge in [-0.2, -0.15) is 0 Å². The summed E-state index contributed by atoms with van der Waals surface area (Å²) in [6.45, 7) is 9.17. The van der Waals surface area contributed by atoms with Crippen molar-refractivity contribution in [3.63, 3.8) is 0 Å². The summed E-state index contributed by atoms with van der Waals surface area (Å²) in [4.78, 5) is 38.3. The third-order valence-corrected chi connectivity index (χ3v) is 10.7. The van der Waals surface area contributed by atoms with E-state index in [4.69, 9.17) is 4.74 Å². The molecule has 1 amide bonds. The number of nitrogens with one attached hydrogen (secondary N) is 1. The van der Waals surface area contributed by atoms with E-state index in [0.29, 0.717) is 50.3 Å². The van der Waals surface area contributed by atoms with Gasteiger partial charge in [0.15, 0.2) is 11.6 Å². The van der Waals surface area contributed by atoms with E-state index in [2.05, 4.69) is 19.9 Å². The molecular weight excluding hydrogens is 745 g/mol. The minimum atomic E-state index is -4.79. The standard InChI is InChI=1S/C43H48F5N5O4/c1-28(2)56-41(55)42(3,4)51-23-20-34(21-24-51)52(26-29-10-12-30(13-11-29)31-14-17-35(18-15-31)57-43(46,47)48)38(54)27-53-37(50-25-33-8-6-22-49-40(33)53)19-16-32-7-5-9-36(44)39(32)45/h5-15,17-18,22,28,34,37,50H,16,19-21,23-27H2,1-4H3. The van der Waals surface area contributed by atoms with Crippen molar-refractivity contribution in [1.82, 2.24) is 20.1 Å². The van der Waals surface area contributed by atoms with Crippen molar-refractivity contribution < 1.29 is 41.0 Å². The summed E-state index contributed by atoms with van der Waals surface area (Å²) in [6, 6.07) is 20.9. The van der Waals surface area contributed by atoms with E-state index in [1.807, 2.05) is 73.9 Å². The minimum Gasteiger partial charge on any atom is -0.462 e. The Kier molecular flexibility index (Phi) is 12.8. The second-order valence-corrected chi connectivity index (χ2v) is 15.3. The number of rotatable bonds is 13. The highest BCUT2D eigenvalue weighted by Crippen LogP contribution is 2.31. The summed E-state index contributed by atoms with van der Waals surface area (Å²) < 4.78 is 76.3. The molecule has 0 radical (unpaired) electrons. The molecule has 0 spiro atoms. The second-order valence-electron chi connectivity index (χ2n) is 15.3. The van der Waals surface area contributed by atoms with Gasteiger partial charge in [0.2, 0.25) is 5.91 Å². The van der Waals surface area contributed by atoms with Crippen LogP contribution in [0.15, 0.2) is 85.1 Å². The predicted molar refractivity (Wildman–Crippen MR) is 206 cm³/mol. The van der Waals surface area contributed by atoms with E-state index in [1.54, 1.807) is 24.4 Å². The topological polar surface area (TPSA) is 87.2 Å². The van der Waals surface area contributed by atoms with Gasteiger partial charge in [0.05, 0.1) is 12.3 Å². The number of anilines is 1. The Morgan fingerprint density at radius 3 is 2.25 bits per heavy atom. The number of alkyl halides is 3. The Morgan fingerprint density at radius 1 is 0.930 bits per heavy atom. The number of pyridine rings is 1. The molecule has 6 rings (SSSR count). The monoisotopic (exact) mass is 793 g/mol. The van der Waals surface area contributed by atoms with E-state index in [1.165, 1.54) is 18.2 Å². The van der Waals surface area contributed by atoms with Gasteiger partial charge >= 0.3 is 12.3 Å². The summed E-state index contributed by atoms with van der Waals surface area (Å²) in [6.07, 6.45) is -1.95. The zero-order chi connectivity index (χ0) is 40.9. The predicted octanol–water partition coefficient (Wildman–Crippen LogP) is 8.02. The molecule has 1 N–H and O–H groups in total. The number of nitrogens with zero attached hydrogens (tertiary/aromatic N) is 4. The van der Waals surface area contributed by atoms with Gasteiger partial charge in [0.1, 0.15) is 23.7 Å². The van der Waals surface area contributed by atoms with Gasteiger partial charge in [-0.05, 0) is 99.9 Å². The number of carbonyl (C=O) groups excluding carboxylic acids is 2. The highest BCUT2D eigenvalue weighted by Gasteiger charge is 2.41. The Hall–Kier alpha value is -5.08. The first-order valence-electron chi connectivity index (χ1n) is 19.2. The van der Waals surface area contributed by atoms with Crippen LogP contribution in [-0.4, -0.2) is 76.5 Å². The molecule has 2 aliphatic rings. The smallest absolute Gasteiger partial charge is 0.462 e. The van der Waals surface area contributed by atoms with Crippen molar-refractivity contribution >= 4 is 17.7 Å². The van der Waals surface area contributed by atoms with Crippen LogP contribution in [0.5, 0.6) is 5.75 Å². The lowest BCUT2D eigenvalue weighted by atomic mass is 9.95. The number of hydrogen-bond acceptors (Lipinski definition) is 8. The number of ether oxygens (including phenoxy) is 2. The van der Waals surface area contributed by atoms with Crippen LogP contribution in [-0.2, 0) is 33.8 Å². The number of aryl methyl sites for hydroxylation is 1. The van der Waals surface area contributed by atoms with Crippen molar-refractivity contribution in [2.75, 3.05) is 24.5 Å². The lowest BCUT2D eigenvalue weighted by Gasteiger charge is -2.45. The number of benzene rings is 3. The Balaban J connectivity index is 1.24. The van der Waals surface area contributed by atoms with Crippen LogP contribution in [0.2, 0.25) is 0 Å².